The van der Waals surface area contributed by atoms with Crippen molar-refractivity contribution in [3.63, 3.8) is 0 Å². The van der Waals surface area contributed by atoms with E-state index in [-0.39, 0.29) is 5.56 Å². The summed E-state index contributed by atoms with van der Waals surface area (Å²) in [6, 6.07) is 13.8. The Morgan fingerprint density at radius 2 is 1.57 bits per heavy atom. The summed E-state index contributed by atoms with van der Waals surface area (Å²) < 4.78 is 13.6. The summed E-state index contributed by atoms with van der Waals surface area (Å²) in [7, 11) is 0. The first-order valence-electron chi connectivity index (χ1n) is 8.15. The molecule has 0 aromatic heterocycles. The van der Waals surface area contributed by atoms with Gasteiger partial charge in [0.25, 0.3) is 5.91 Å². The maximum atomic E-state index is 13.6. The van der Waals surface area contributed by atoms with E-state index >= 15 is 0 Å². The normalized spacial score (nSPS) is 15.1. The van der Waals surface area contributed by atoms with Crippen LogP contribution in [0.25, 0.3) is 0 Å². The highest BCUT2D eigenvalue weighted by Gasteiger charge is 2.12. The lowest BCUT2D eigenvalue weighted by Crippen LogP contribution is -2.23. The molecule has 0 saturated carbocycles. The molecule has 0 bridgehead atoms. The lowest BCUT2D eigenvalue weighted by atomic mass is 10.2. The molecule has 1 aliphatic heterocycles. The topological polar surface area (TPSA) is 32.3 Å². The van der Waals surface area contributed by atoms with E-state index in [1.54, 1.807) is 12.1 Å². The van der Waals surface area contributed by atoms with Crippen LogP contribution in [0, 0.1) is 5.82 Å². The average Bonchev–Trinajstić information content (AvgIpc) is 2.85. The summed E-state index contributed by atoms with van der Waals surface area (Å²) in [5.41, 5.74) is 1.91. The van der Waals surface area contributed by atoms with E-state index in [2.05, 4.69) is 10.2 Å². The van der Waals surface area contributed by atoms with Gasteiger partial charge in [-0.25, -0.2) is 4.39 Å². The van der Waals surface area contributed by atoms with Crippen molar-refractivity contribution in [2.45, 2.75) is 25.7 Å². The summed E-state index contributed by atoms with van der Waals surface area (Å²) in [5, 5.41) is 2.74. The minimum absolute atomic E-state index is 0.0593. The van der Waals surface area contributed by atoms with Gasteiger partial charge in [-0.2, -0.15) is 0 Å². The number of benzene rings is 2. The van der Waals surface area contributed by atoms with Gasteiger partial charge in [0.1, 0.15) is 5.82 Å². The Labute approximate surface area is 136 Å². The van der Waals surface area contributed by atoms with Gasteiger partial charge in [0, 0.05) is 24.5 Å². The zero-order chi connectivity index (χ0) is 16.1. The largest absolute Gasteiger partial charge is 0.372 e. The summed E-state index contributed by atoms with van der Waals surface area (Å²) >= 11 is 0. The number of hydrogen-bond acceptors (Lipinski definition) is 2. The summed E-state index contributed by atoms with van der Waals surface area (Å²) in [6.45, 7) is 2.17. The second kappa shape index (κ2) is 7.27. The number of carbonyl (C=O) groups excluding carboxylic acids is 1. The Bertz CT molecular complexity index is 661. The maximum absolute atomic E-state index is 13.6. The number of halogens is 1. The predicted octanol–water partition coefficient (Wildman–Crippen LogP) is 4.46. The van der Waals surface area contributed by atoms with E-state index in [4.69, 9.17) is 0 Å². The highest BCUT2D eigenvalue weighted by Crippen LogP contribution is 2.22. The fourth-order valence-electron chi connectivity index (χ4n) is 2.93. The van der Waals surface area contributed by atoms with Crippen LogP contribution in [0.4, 0.5) is 15.8 Å². The third-order valence-corrected chi connectivity index (χ3v) is 4.21. The zero-order valence-corrected chi connectivity index (χ0v) is 13.1. The molecule has 1 heterocycles. The Kier molecular flexibility index (Phi) is 4.91. The molecule has 4 heteroatoms. The van der Waals surface area contributed by atoms with E-state index < -0.39 is 11.7 Å². The number of hydrogen-bond donors (Lipinski definition) is 1. The van der Waals surface area contributed by atoms with Gasteiger partial charge in [0.2, 0.25) is 0 Å². The fourth-order valence-corrected chi connectivity index (χ4v) is 2.93. The number of amides is 1. The monoisotopic (exact) mass is 312 g/mol. The lowest BCUT2D eigenvalue weighted by Gasteiger charge is -2.22. The molecule has 3 nitrogen and oxygen atoms in total. The van der Waals surface area contributed by atoms with Crippen LogP contribution in [0.15, 0.2) is 48.5 Å². The molecule has 1 N–H and O–H groups in total. The quantitative estimate of drug-likeness (QED) is 0.907. The van der Waals surface area contributed by atoms with E-state index in [0.717, 1.165) is 13.1 Å². The molecular formula is C19H21FN2O. The second-order valence-corrected chi connectivity index (χ2v) is 5.88. The van der Waals surface area contributed by atoms with E-state index in [9.17, 15) is 9.18 Å². The van der Waals surface area contributed by atoms with Gasteiger partial charge < -0.3 is 10.2 Å². The van der Waals surface area contributed by atoms with Gasteiger partial charge in [-0.1, -0.05) is 25.0 Å². The highest BCUT2D eigenvalue weighted by atomic mass is 19.1. The van der Waals surface area contributed by atoms with Crippen LogP contribution in [0.5, 0.6) is 0 Å². The third kappa shape index (κ3) is 3.89. The molecule has 1 fully saturated rings. The van der Waals surface area contributed by atoms with E-state index in [1.807, 2.05) is 24.3 Å². The second-order valence-electron chi connectivity index (χ2n) is 5.88. The first-order valence-corrected chi connectivity index (χ1v) is 8.15. The van der Waals surface area contributed by atoms with Crippen LogP contribution in [-0.4, -0.2) is 19.0 Å². The van der Waals surface area contributed by atoms with Gasteiger partial charge in [0.05, 0.1) is 5.56 Å². The number of nitrogens with one attached hydrogen (secondary N) is 1. The average molecular weight is 312 g/mol. The van der Waals surface area contributed by atoms with Crippen molar-refractivity contribution >= 4 is 17.3 Å². The molecular weight excluding hydrogens is 291 g/mol. The van der Waals surface area contributed by atoms with Gasteiger partial charge in [-0.05, 0) is 49.2 Å². The molecule has 0 aliphatic carbocycles. The van der Waals surface area contributed by atoms with Crippen molar-refractivity contribution in [3.8, 4) is 0 Å². The Morgan fingerprint density at radius 3 is 2.22 bits per heavy atom. The Morgan fingerprint density at radius 1 is 0.913 bits per heavy atom. The fraction of sp³-hybridized carbons (Fsp3) is 0.316. The molecule has 23 heavy (non-hydrogen) atoms. The molecule has 1 amide bonds. The van der Waals surface area contributed by atoms with Gasteiger partial charge >= 0.3 is 0 Å². The smallest absolute Gasteiger partial charge is 0.258 e. The first kappa shape index (κ1) is 15.5. The molecule has 120 valence electrons. The number of rotatable bonds is 3. The van der Waals surface area contributed by atoms with Crippen molar-refractivity contribution in [2.24, 2.45) is 0 Å². The van der Waals surface area contributed by atoms with Gasteiger partial charge in [-0.3, -0.25) is 4.79 Å². The summed E-state index contributed by atoms with van der Waals surface area (Å²) in [6.07, 6.45) is 5.05. The SMILES string of the molecule is O=C(Nc1ccc(N2CCCCCC2)cc1)c1ccccc1F. The van der Waals surface area contributed by atoms with Crippen molar-refractivity contribution < 1.29 is 9.18 Å². The minimum Gasteiger partial charge on any atom is -0.372 e. The van der Waals surface area contributed by atoms with Crippen LogP contribution in [0.1, 0.15) is 36.0 Å². The summed E-state index contributed by atoms with van der Waals surface area (Å²) in [4.78, 5) is 14.5. The van der Waals surface area contributed by atoms with Crippen LogP contribution < -0.4 is 10.2 Å². The van der Waals surface area contributed by atoms with Gasteiger partial charge in [0.15, 0.2) is 0 Å². The molecule has 1 aliphatic rings. The lowest BCUT2D eigenvalue weighted by molar-refractivity contribution is 0.102. The molecule has 3 rings (SSSR count). The van der Waals surface area contributed by atoms with Crippen LogP contribution in [0.2, 0.25) is 0 Å². The summed E-state index contributed by atoms with van der Waals surface area (Å²) in [5.74, 6) is -0.934. The van der Waals surface area contributed by atoms with Crippen molar-refractivity contribution in [3.05, 3.63) is 59.9 Å². The van der Waals surface area contributed by atoms with Crippen molar-refractivity contribution in [1.29, 1.82) is 0 Å². The van der Waals surface area contributed by atoms with E-state index in [1.165, 1.54) is 43.5 Å². The molecule has 0 atom stereocenters. The first-order chi connectivity index (χ1) is 11.2. The van der Waals surface area contributed by atoms with Crippen LogP contribution in [-0.2, 0) is 0 Å². The molecule has 0 spiro atoms. The maximum Gasteiger partial charge on any atom is 0.258 e. The molecule has 2 aromatic rings. The van der Waals surface area contributed by atoms with Crippen molar-refractivity contribution in [2.75, 3.05) is 23.3 Å². The molecule has 0 radical (unpaired) electrons. The van der Waals surface area contributed by atoms with Crippen LogP contribution >= 0.6 is 0 Å². The zero-order valence-electron chi connectivity index (χ0n) is 13.1. The third-order valence-electron chi connectivity index (χ3n) is 4.21. The van der Waals surface area contributed by atoms with E-state index in [0.29, 0.717) is 5.69 Å². The molecule has 2 aromatic carbocycles. The molecule has 1 saturated heterocycles. The highest BCUT2D eigenvalue weighted by molar-refractivity contribution is 6.04. The van der Waals surface area contributed by atoms with Gasteiger partial charge in [-0.15, -0.1) is 0 Å². The predicted molar refractivity (Wildman–Crippen MR) is 91.5 cm³/mol. The number of anilines is 2. The van der Waals surface area contributed by atoms with Crippen LogP contribution in [0.3, 0.4) is 0 Å². The standard InChI is InChI=1S/C19H21FN2O/c20-18-8-4-3-7-17(18)19(23)21-15-9-11-16(12-10-15)22-13-5-1-2-6-14-22/h3-4,7-12H,1-2,5-6,13-14H2,(H,21,23). The Balaban J connectivity index is 1.67. The minimum atomic E-state index is -0.508. The Hall–Kier alpha value is -2.36. The molecule has 0 unspecified atom stereocenters. The number of carbonyl (C=O) groups is 1. The van der Waals surface area contributed by atoms with Crippen molar-refractivity contribution in [1.82, 2.24) is 0 Å². The number of nitrogens with zero attached hydrogens (tertiary/aromatic N) is 1.